The van der Waals surface area contributed by atoms with Crippen LogP contribution in [0.1, 0.15) is 5.82 Å². The number of nitrogens with zero attached hydrogens (tertiary/aromatic N) is 2. The number of halogens is 4. The Hall–Kier alpha value is -0.640. The van der Waals surface area contributed by atoms with E-state index in [4.69, 9.17) is 0 Å². The van der Waals surface area contributed by atoms with E-state index in [0.717, 1.165) is 4.57 Å². The first-order valence-corrected chi connectivity index (χ1v) is 5.32. The van der Waals surface area contributed by atoms with Crippen molar-refractivity contribution in [1.82, 2.24) is 9.55 Å². The zero-order valence-corrected chi connectivity index (χ0v) is 10.4. The van der Waals surface area contributed by atoms with Gasteiger partial charge in [0, 0.05) is 6.20 Å². The van der Waals surface area contributed by atoms with Gasteiger partial charge in [0.05, 0.1) is 16.7 Å². The summed E-state index contributed by atoms with van der Waals surface area (Å²) < 4.78 is 40.2. The third-order valence-electron chi connectivity index (χ3n) is 1.79. The van der Waals surface area contributed by atoms with Crippen LogP contribution in [0.15, 0.2) is 11.0 Å². The van der Waals surface area contributed by atoms with Crippen molar-refractivity contribution in [1.29, 1.82) is 0 Å². The van der Waals surface area contributed by atoms with Gasteiger partial charge in [0.1, 0.15) is 5.82 Å². The second-order valence-electron chi connectivity index (χ2n) is 2.90. The van der Waals surface area contributed by atoms with E-state index >= 15 is 0 Å². The third kappa shape index (κ3) is 3.74. The minimum Gasteiger partial charge on any atom is -0.294 e. The summed E-state index contributed by atoms with van der Waals surface area (Å²) in [6.45, 7) is 0.769. The topological polar surface area (TPSA) is 44.1 Å². The molecule has 0 N–H and O–H groups in total. The van der Waals surface area contributed by atoms with Crippen LogP contribution < -0.4 is 5.56 Å². The molecule has 0 aliphatic carbocycles. The summed E-state index contributed by atoms with van der Waals surface area (Å²) in [6, 6.07) is 0. The van der Waals surface area contributed by atoms with E-state index in [1.54, 1.807) is 29.5 Å². The maximum atomic E-state index is 11.7. The lowest BCUT2D eigenvalue weighted by Crippen LogP contribution is -2.28. The normalized spacial score (nSPS) is 11.8. The summed E-state index contributed by atoms with van der Waals surface area (Å²) in [5.41, 5.74) is -0.362. The molecular formula is C8H8F3IN2O2. The van der Waals surface area contributed by atoms with Crippen molar-refractivity contribution in [2.45, 2.75) is 19.8 Å². The van der Waals surface area contributed by atoms with Crippen LogP contribution in [0.3, 0.4) is 0 Å². The summed E-state index contributed by atoms with van der Waals surface area (Å²) in [5, 5.41) is 0. The molecule has 0 aliphatic rings. The van der Waals surface area contributed by atoms with Gasteiger partial charge in [-0.1, -0.05) is 0 Å². The highest BCUT2D eigenvalue weighted by molar-refractivity contribution is 14.1. The Morgan fingerprint density at radius 3 is 2.75 bits per heavy atom. The third-order valence-corrected chi connectivity index (χ3v) is 2.53. The molecule has 8 heteroatoms. The molecule has 1 aromatic heterocycles. The maximum Gasteiger partial charge on any atom is 0.522 e. The molecule has 0 bridgehead atoms. The first kappa shape index (κ1) is 13.4. The summed E-state index contributed by atoms with van der Waals surface area (Å²) in [7, 11) is 0. The first-order chi connectivity index (χ1) is 7.31. The predicted molar refractivity (Wildman–Crippen MR) is 58.0 cm³/mol. The van der Waals surface area contributed by atoms with Gasteiger partial charge in [0.15, 0.2) is 0 Å². The Bertz CT molecular complexity index is 430. The van der Waals surface area contributed by atoms with Gasteiger partial charge in [0.2, 0.25) is 0 Å². The molecular weight excluding hydrogens is 340 g/mol. The fourth-order valence-corrected chi connectivity index (χ4v) is 1.50. The first-order valence-electron chi connectivity index (χ1n) is 4.24. The van der Waals surface area contributed by atoms with Crippen molar-refractivity contribution in [3.05, 3.63) is 25.9 Å². The highest BCUT2D eigenvalue weighted by Crippen LogP contribution is 2.15. The molecule has 4 nitrogen and oxygen atoms in total. The quantitative estimate of drug-likeness (QED) is 0.781. The van der Waals surface area contributed by atoms with Crippen LogP contribution in [0.4, 0.5) is 13.2 Å². The van der Waals surface area contributed by atoms with Crippen LogP contribution in [0.5, 0.6) is 0 Å². The van der Waals surface area contributed by atoms with E-state index in [1.807, 2.05) is 0 Å². The molecule has 0 radical (unpaired) electrons. The van der Waals surface area contributed by atoms with Crippen LogP contribution in [0, 0.1) is 10.5 Å². The van der Waals surface area contributed by atoms with Crippen molar-refractivity contribution in [3.63, 3.8) is 0 Å². The number of aromatic nitrogens is 2. The fraction of sp³-hybridized carbons (Fsp3) is 0.500. The Kier molecular flexibility index (Phi) is 4.30. The molecule has 0 saturated carbocycles. The molecule has 16 heavy (non-hydrogen) atoms. The second kappa shape index (κ2) is 5.13. The Morgan fingerprint density at radius 1 is 1.56 bits per heavy atom. The van der Waals surface area contributed by atoms with Crippen molar-refractivity contribution in [3.8, 4) is 0 Å². The zero-order chi connectivity index (χ0) is 12.3. The Balaban J connectivity index is 2.75. The molecule has 0 fully saturated rings. The average molecular weight is 348 g/mol. The molecule has 0 atom stereocenters. The summed E-state index contributed by atoms with van der Waals surface area (Å²) in [6.07, 6.45) is -3.30. The number of rotatable bonds is 3. The smallest absolute Gasteiger partial charge is 0.294 e. The molecule has 1 heterocycles. The number of hydrogen-bond acceptors (Lipinski definition) is 3. The molecule has 0 spiro atoms. The Morgan fingerprint density at radius 2 is 2.19 bits per heavy atom. The molecule has 90 valence electrons. The monoisotopic (exact) mass is 348 g/mol. The summed E-state index contributed by atoms with van der Waals surface area (Å²) >= 11 is 1.78. The number of ether oxygens (including phenoxy) is 1. The number of aryl methyl sites for hydroxylation is 1. The lowest BCUT2D eigenvalue weighted by atomic mass is 10.5. The van der Waals surface area contributed by atoms with Crippen molar-refractivity contribution in [2.75, 3.05) is 6.61 Å². The molecule has 1 rings (SSSR count). The van der Waals surface area contributed by atoms with Gasteiger partial charge in [-0.15, -0.1) is 13.2 Å². The van der Waals surface area contributed by atoms with Crippen LogP contribution in [0.25, 0.3) is 0 Å². The Labute approximate surface area is 103 Å². The molecule has 0 amide bonds. The van der Waals surface area contributed by atoms with Gasteiger partial charge in [-0.2, -0.15) is 0 Å². The summed E-state index contributed by atoms with van der Waals surface area (Å²) in [5.74, 6) is 0.358. The standard InChI is InChI=1S/C8H8F3IN2O2/c1-5-13-4-6(12)7(15)14(5)2-3-16-8(9,10)11/h4H,2-3H2,1H3. The van der Waals surface area contributed by atoms with Gasteiger partial charge in [-0.25, -0.2) is 4.98 Å². The lowest BCUT2D eigenvalue weighted by Gasteiger charge is -2.11. The van der Waals surface area contributed by atoms with Gasteiger partial charge in [-0.3, -0.25) is 14.1 Å². The van der Waals surface area contributed by atoms with E-state index in [2.05, 4.69) is 9.72 Å². The highest BCUT2D eigenvalue weighted by Gasteiger charge is 2.28. The van der Waals surface area contributed by atoms with Crippen molar-refractivity contribution in [2.24, 2.45) is 0 Å². The number of hydrogen-bond donors (Lipinski definition) is 0. The molecule has 0 unspecified atom stereocenters. The molecule has 0 aromatic carbocycles. The fourth-order valence-electron chi connectivity index (χ4n) is 1.07. The van der Waals surface area contributed by atoms with E-state index < -0.39 is 13.0 Å². The minimum absolute atomic E-state index is 0.173. The van der Waals surface area contributed by atoms with E-state index in [-0.39, 0.29) is 12.1 Å². The van der Waals surface area contributed by atoms with Gasteiger partial charge in [0.25, 0.3) is 5.56 Å². The van der Waals surface area contributed by atoms with Crippen LogP contribution in [-0.2, 0) is 11.3 Å². The largest absolute Gasteiger partial charge is 0.522 e. The van der Waals surface area contributed by atoms with Gasteiger partial charge >= 0.3 is 6.36 Å². The lowest BCUT2D eigenvalue weighted by molar-refractivity contribution is -0.325. The molecule has 1 aromatic rings. The molecule has 0 aliphatic heterocycles. The maximum absolute atomic E-state index is 11.7. The van der Waals surface area contributed by atoms with Crippen LogP contribution in [-0.4, -0.2) is 22.5 Å². The van der Waals surface area contributed by atoms with Crippen molar-refractivity contribution >= 4 is 22.6 Å². The zero-order valence-electron chi connectivity index (χ0n) is 8.21. The molecule has 0 saturated heterocycles. The SMILES string of the molecule is Cc1ncc(I)c(=O)n1CCOC(F)(F)F. The van der Waals surface area contributed by atoms with E-state index in [9.17, 15) is 18.0 Å². The van der Waals surface area contributed by atoms with Crippen molar-refractivity contribution < 1.29 is 17.9 Å². The second-order valence-corrected chi connectivity index (χ2v) is 4.07. The summed E-state index contributed by atoms with van der Waals surface area (Å²) in [4.78, 5) is 15.4. The highest BCUT2D eigenvalue weighted by atomic mass is 127. The van der Waals surface area contributed by atoms with Crippen LogP contribution in [0.2, 0.25) is 0 Å². The van der Waals surface area contributed by atoms with Gasteiger partial charge in [-0.05, 0) is 29.5 Å². The van der Waals surface area contributed by atoms with Gasteiger partial charge < -0.3 is 0 Å². The van der Waals surface area contributed by atoms with Crippen LogP contribution >= 0.6 is 22.6 Å². The predicted octanol–water partition coefficient (Wildman–Crippen LogP) is 1.69. The van der Waals surface area contributed by atoms with E-state index in [0.29, 0.717) is 9.39 Å². The average Bonchev–Trinajstić information content (AvgIpc) is 2.16. The number of alkyl halides is 3. The minimum atomic E-state index is -4.67. The van der Waals surface area contributed by atoms with E-state index in [1.165, 1.54) is 6.20 Å².